The molecule has 0 heterocycles. The average Bonchev–Trinajstić information content (AvgIpc) is 3.70. The van der Waals surface area contributed by atoms with E-state index in [4.69, 9.17) is 0 Å². The topological polar surface area (TPSA) is 3.24 Å². The highest BCUT2D eigenvalue weighted by atomic mass is 15.1. The first-order valence-electron chi connectivity index (χ1n) is 21.5. The molecule has 0 aromatic heterocycles. The summed E-state index contributed by atoms with van der Waals surface area (Å²) >= 11 is 0. The van der Waals surface area contributed by atoms with Crippen LogP contribution < -0.4 is 4.90 Å². The van der Waals surface area contributed by atoms with Gasteiger partial charge in [0, 0.05) is 27.6 Å². The lowest BCUT2D eigenvalue weighted by Gasteiger charge is -2.32. The summed E-state index contributed by atoms with van der Waals surface area (Å²) in [5.74, 6) is 0. The van der Waals surface area contributed by atoms with Crippen LogP contribution >= 0.6 is 0 Å². The smallest absolute Gasteiger partial charge is 0.0546 e. The van der Waals surface area contributed by atoms with E-state index in [0.29, 0.717) is 0 Å². The lowest BCUT2D eigenvalue weighted by molar-refractivity contribution is 0.660. The highest BCUT2D eigenvalue weighted by molar-refractivity contribution is 6.06. The molecule has 0 saturated carbocycles. The second-order valence-corrected chi connectivity index (χ2v) is 17.6. The highest BCUT2D eigenvalue weighted by Gasteiger charge is 2.40. The highest BCUT2D eigenvalue weighted by Crippen LogP contribution is 2.58. The number of hydrogen-bond donors (Lipinski definition) is 0. The van der Waals surface area contributed by atoms with Crippen LogP contribution in [0.2, 0.25) is 0 Å². The monoisotopic (exact) mass is 781 g/mol. The Morgan fingerprint density at radius 1 is 0.279 bits per heavy atom. The molecule has 11 rings (SSSR count). The Kier molecular flexibility index (Phi) is 8.58. The maximum absolute atomic E-state index is 2.57. The normalized spacial score (nSPS) is 13.8. The first kappa shape index (κ1) is 36.8. The van der Waals surface area contributed by atoms with Crippen molar-refractivity contribution in [2.45, 2.75) is 38.5 Å². The van der Waals surface area contributed by atoms with E-state index in [0.717, 1.165) is 11.4 Å². The van der Waals surface area contributed by atoms with Crippen molar-refractivity contribution in [1.29, 1.82) is 0 Å². The van der Waals surface area contributed by atoms with E-state index < -0.39 is 0 Å². The van der Waals surface area contributed by atoms with Crippen LogP contribution in [0.3, 0.4) is 0 Å². The molecule has 0 unspecified atom stereocenters. The summed E-state index contributed by atoms with van der Waals surface area (Å²) in [6.45, 7) is 9.51. The van der Waals surface area contributed by atoms with Gasteiger partial charge in [0.05, 0.1) is 11.4 Å². The van der Waals surface area contributed by atoms with Crippen molar-refractivity contribution >= 4 is 17.1 Å². The summed E-state index contributed by atoms with van der Waals surface area (Å²) in [6, 6.07) is 78.7. The van der Waals surface area contributed by atoms with E-state index in [1.165, 1.54) is 94.7 Å². The minimum atomic E-state index is -0.162. The fourth-order valence-electron chi connectivity index (χ4n) is 10.6. The van der Waals surface area contributed by atoms with Gasteiger partial charge in [-0.2, -0.15) is 0 Å². The molecular formula is C60H47N. The van der Waals surface area contributed by atoms with Crippen molar-refractivity contribution in [2.24, 2.45) is 0 Å². The van der Waals surface area contributed by atoms with Crippen LogP contribution in [0.5, 0.6) is 0 Å². The van der Waals surface area contributed by atoms with E-state index in [-0.39, 0.29) is 10.8 Å². The molecule has 0 bridgehead atoms. The first-order valence-corrected chi connectivity index (χ1v) is 21.5. The number of hydrogen-bond acceptors (Lipinski definition) is 1. The second-order valence-electron chi connectivity index (χ2n) is 17.6. The summed E-state index contributed by atoms with van der Waals surface area (Å²) in [5, 5.41) is 0. The Balaban J connectivity index is 1.27. The molecule has 9 aromatic carbocycles. The second kappa shape index (κ2) is 14.2. The molecule has 0 saturated heterocycles. The molecule has 0 atom stereocenters. The van der Waals surface area contributed by atoms with Crippen LogP contribution in [0.4, 0.5) is 17.1 Å². The molecule has 0 spiro atoms. The molecule has 0 fully saturated rings. The SMILES string of the molecule is CC1(C)c2ccccc2-c2c(-c3c(-c4ccccc4)cccc3N(c3ccc(-c4ccccc4)c(-c4ccccc4)c3)c3cccc4c3-c3ccccc3C4(C)C)cccc21. The maximum atomic E-state index is 2.57. The van der Waals surface area contributed by atoms with E-state index in [1.807, 2.05) is 0 Å². The van der Waals surface area contributed by atoms with Gasteiger partial charge in [0.2, 0.25) is 0 Å². The molecule has 1 nitrogen and oxygen atoms in total. The molecule has 0 amide bonds. The number of benzene rings is 9. The zero-order valence-electron chi connectivity index (χ0n) is 35.2. The van der Waals surface area contributed by atoms with Gasteiger partial charge in [-0.25, -0.2) is 0 Å². The van der Waals surface area contributed by atoms with Gasteiger partial charge in [-0.1, -0.05) is 216 Å². The Labute approximate surface area is 360 Å². The zero-order chi connectivity index (χ0) is 41.3. The summed E-state index contributed by atoms with van der Waals surface area (Å²) in [7, 11) is 0. The van der Waals surface area contributed by atoms with Gasteiger partial charge in [0.1, 0.15) is 0 Å². The Morgan fingerprint density at radius 3 is 1.30 bits per heavy atom. The van der Waals surface area contributed by atoms with Crippen molar-refractivity contribution in [3.8, 4) is 66.8 Å². The van der Waals surface area contributed by atoms with Crippen LogP contribution in [0, 0.1) is 0 Å². The van der Waals surface area contributed by atoms with Crippen LogP contribution in [-0.4, -0.2) is 0 Å². The number of anilines is 3. The van der Waals surface area contributed by atoms with Crippen molar-refractivity contribution in [3.63, 3.8) is 0 Å². The Hall–Kier alpha value is -7.22. The molecule has 1 heteroatoms. The maximum Gasteiger partial charge on any atom is 0.0546 e. The van der Waals surface area contributed by atoms with E-state index in [2.05, 4.69) is 245 Å². The predicted octanol–water partition coefficient (Wildman–Crippen LogP) is 16.4. The fraction of sp³-hybridized carbons (Fsp3) is 0.100. The fourth-order valence-corrected chi connectivity index (χ4v) is 10.6. The van der Waals surface area contributed by atoms with Crippen LogP contribution in [0.1, 0.15) is 49.9 Å². The molecule has 2 aliphatic rings. The van der Waals surface area contributed by atoms with Gasteiger partial charge in [-0.3, -0.25) is 0 Å². The summed E-state index contributed by atoms with van der Waals surface area (Å²) < 4.78 is 0. The molecule has 9 aromatic rings. The van der Waals surface area contributed by atoms with Gasteiger partial charge in [-0.05, 0) is 102 Å². The number of fused-ring (bicyclic) bond motifs is 6. The minimum absolute atomic E-state index is 0.142. The van der Waals surface area contributed by atoms with Crippen LogP contribution in [-0.2, 0) is 10.8 Å². The van der Waals surface area contributed by atoms with Crippen molar-refractivity contribution in [1.82, 2.24) is 0 Å². The molecule has 0 radical (unpaired) electrons. The molecule has 61 heavy (non-hydrogen) atoms. The lowest BCUT2D eigenvalue weighted by atomic mass is 9.81. The van der Waals surface area contributed by atoms with E-state index in [9.17, 15) is 0 Å². The summed E-state index contributed by atoms with van der Waals surface area (Å²) in [4.78, 5) is 2.57. The number of nitrogens with zero attached hydrogens (tertiary/aromatic N) is 1. The van der Waals surface area contributed by atoms with Crippen LogP contribution in [0.15, 0.2) is 212 Å². The zero-order valence-corrected chi connectivity index (χ0v) is 35.2. The van der Waals surface area contributed by atoms with Gasteiger partial charge >= 0.3 is 0 Å². The standard InChI is InChI=1S/C60H47N/c1-59(2)50-31-16-14-27-46(50)56-48(30-18-33-52(56)59)57-45(41-23-10-6-11-24-41)29-19-35-54(57)61(55-36-20-34-53-58(55)47-28-15-17-32-51(47)60(53,3)4)43-37-38-44(40-21-8-5-9-22-40)49(39-43)42-25-12-7-13-26-42/h5-39H,1-4H3. The summed E-state index contributed by atoms with van der Waals surface area (Å²) in [5.41, 5.74) is 23.4. The average molecular weight is 782 g/mol. The number of rotatable bonds is 7. The van der Waals surface area contributed by atoms with E-state index in [1.54, 1.807) is 0 Å². The molecule has 0 aliphatic heterocycles. The van der Waals surface area contributed by atoms with Crippen LogP contribution in [0.25, 0.3) is 66.8 Å². The Bertz CT molecular complexity index is 3120. The lowest BCUT2D eigenvalue weighted by Crippen LogP contribution is -2.16. The minimum Gasteiger partial charge on any atom is -0.309 e. The van der Waals surface area contributed by atoms with Gasteiger partial charge in [-0.15, -0.1) is 0 Å². The van der Waals surface area contributed by atoms with Gasteiger partial charge in [0.15, 0.2) is 0 Å². The molecule has 292 valence electrons. The third kappa shape index (κ3) is 5.76. The molecular weight excluding hydrogens is 735 g/mol. The first-order chi connectivity index (χ1) is 29.8. The van der Waals surface area contributed by atoms with Crippen molar-refractivity contribution in [2.75, 3.05) is 4.90 Å². The quantitative estimate of drug-likeness (QED) is 0.156. The molecule has 0 N–H and O–H groups in total. The third-order valence-electron chi connectivity index (χ3n) is 13.5. The van der Waals surface area contributed by atoms with Crippen molar-refractivity contribution in [3.05, 3.63) is 235 Å². The summed E-state index contributed by atoms with van der Waals surface area (Å²) in [6.07, 6.45) is 0. The Morgan fingerprint density at radius 2 is 0.689 bits per heavy atom. The van der Waals surface area contributed by atoms with Gasteiger partial charge < -0.3 is 4.90 Å². The van der Waals surface area contributed by atoms with E-state index >= 15 is 0 Å². The predicted molar refractivity (Wildman–Crippen MR) is 258 cm³/mol. The largest absolute Gasteiger partial charge is 0.309 e. The third-order valence-corrected chi connectivity index (χ3v) is 13.5. The van der Waals surface area contributed by atoms with Crippen molar-refractivity contribution < 1.29 is 0 Å². The molecule has 2 aliphatic carbocycles. The van der Waals surface area contributed by atoms with Gasteiger partial charge in [0.25, 0.3) is 0 Å².